The molecule has 0 atom stereocenters. The van der Waals surface area contributed by atoms with Crippen molar-refractivity contribution in [1.29, 1.82) is 0 Å². The van der Waals surface area contributed by atoms with E-state index in [0.29, 0.717) is 17.4 Å². The minimum absolute atomic E-state index is 0.335. The standard InChI is InChI=1S/C12H13ClN4O/c1-2-15-12-7-16-10(5-17-12)8-18-11-3-9(13)4-14-6-11/h3-7H,2,8H2,1H3,(H,15,17). The molecule has 2 heterocycles. The maximum Gasteiger partial charge on any atom is 0.144 e. The van der Waals surface area contributed by atoms with E-state index in [9.17, 15) is 0 Å². The fourth-order valence-electron chi connectivity index (χ4n) is 1.33. The van der Waals surface area contributed by atoms with Gasteiger partial charge in [-0.1, -0.05) is 11.6 Å². The molecule has 0 amide bonds. The van der Waals surface area contributed by atoms with Gasteiger partial charge in [0.2, 0.25) is 0 Å². The summed E-state index contributed by atoms with van der Waals surface area (Å²) < 4.78 is 5.50. The van der Waals surface area contributed by atoms with Gasteiger partial charge >= 0.3 is 0 Å². The number of pyridine rings is 1. The Morgan fingerprint density at radius 1 is 1.22 bits per heavy atom. The van der Waals surface area contributed by atoms with Gasteiger partial charge in [0.1, 0.15) is 18.2 Å². The van der Waals surface area contributed by atoms with Gasteiger partial charge in [-0.25, -0.2) is 4.98 Å². The second-order valence-electron chi connectivity index (χ2n) is 3.55. The van der Waals surface area contributed by atoms with Gasteiger partial charge in [-0.15, -0.1) is 0 Å². The monoisotopic (exact) mass is 264 g/mol. The second-order valence-corrected chi connectivity index (χ2v) is 3.99. The number of hydrogen-bond acceptors (Lipinski definition) is 5. The van der Waals surface area contributed by atoms with Crippen LogP contribution in [0.1, 0.15) is 12.6 Å². The van der Waals surface area contributed by atoms with Crippen molar-refractivity contribution in [3.8, 4) is 5.75 Å². The molecule has 94 valence electrons. The Hall–Kier alpha value is -1.88. The lowest BCUT2D eigenvalue weighted by molar-refractivity contribution is 0.299. The molecule has 1 N–H and O–H groups in total. The Balaban J connectivity index is 1.93. The summed E-state index contributed by atoms with van der Waals surface area (Å²) in [6.07, 6.45) is 6.51. The fourth-order valence-corrected chi connectivity index (χ4v) is 1.49. The summed E-state index contributed by atoms with van der Waals surface area (Å²) in [7, 11) is 0. The minimum atomic E-state index is 0.335. The molecule has 0 fully saturated rings. The van der Waals surface area contributed by atoms with Crippen molar-refractivity contribution in [3.05, 3.63) is 41.6 Å². The lowest BCUT2D eigenvalue weighted by Gasteiger charge is -2.06. The third-order valence-corrected chi connectivity index (χ3v) is 2.34. The van der Waals surface area contributed by atoms with Crippen molar-refractivity contribution < 1.29 is 4.74 Å². The lowest BCUT2D eigenvalue weighted by atomic mass is 10.4. The van der Waals surface area contributed by atoms with Crippen molar-refractivity contribution in [3.63, 3.8) is 0 Å². The van der Waals surface area contributed by atoms with Gasteiger partial charge < -0.3 is 10.1 Å². The van der Waals surface area contributed by atoms with Crippen LogP contribution in [-0.2, 0) is 6.61 Å². The zero-order valence-electron chi connectivity index (χ0n) is 9.93. The van der Waals surface area contributed by atoms with Crippen LogP contribution in [-0.4, -0.2) is 21.5 Å². The molecule has 18 heavy (non-hydrogen) atoms. The molecule has 2 aromatic rings. The van der Waals surface area contributed by atoms with E-state index in [0.717, 1.165) is 18.1 Å². The first-order valence-corrected chi connectivity index (χ1v) is 5.94. The van der Waals surface area contributed by atoms with Gasteiger partial charge in [-0.3, -0.25) is 9.97 Å². The van der Waals surface area contributed by atoms with Gasteiger partial charge in [0.15, 0.2) is 0 Å². The number of anilines is 1. The van der Waals surface area contributed by atoms with Crippen molar-refractivity contribution in [2.45, 2.75) is 13.5 Å². The number of halogens is 1. The molecular weight excluding hydrogens is 252 g/mol. The molecule has 5 nitrogen and oxygen atoms in total. The van der Waals surface area contributed by atoms with E-state index < -0.39 is 0 Å². The highest BCUT2D eigenvalue weighted by atomic mass is 35.5. The van der Waals surface area contributed by atoms with Crippen LogP contribution >= 0.6 is 11.6 Å². The Labute approximate surface area is 110 Å². The van der Waals surface area contributed by atoms with Crippen LogP contribution in [0.15, 0.2) is 30.9 Å². The Morgan fingerprint density at radius 2 is 2.11 bits per heavy atom. The summed E-state index contributed by atoms with van der Waals surface area (Å²) in [5, 5.41) is 3.62. The SMILES string of the molecule is CCNc1cnc(COc2cncc(Cl)c2)cn1. The highest BCUT2D eigenvalue weighted by Gasteiger charge is 2.00. The number of rotatable bonds is 5. The maximum atomic E-state index is 5.80. The molecule has 2 rings (SSSR count). The molecule has 0 aliphatic heterocycles. The Morgan fingerprint density at radius 3 is 2.78 bits per heavy atom. The molecule has 0 saturated carbocycles. The average molecular weight is 265 g/mol. The first kappa shape index (κ1) is 12.6. The molecule has 0 aromatic carbocycles. The van der Waals surface area contributed by atoms with E-state index in [2.05, 4.69) is 20.3 Å². The molecule has 0 saturated heterocycles. The zero-order valence-corrected chi connectivity index (χ0v) is 10.7. The van der Waals surface area contributed by atoms with E-state index in [1.807, 2.05) is 6.92 Å². The summed E-state index contributed by atoms with van der Waals surface area (Å²) >= 11 is 5.80. The third-order valence-electron chi connectivity index (χ3n) is 2.13. The van der Waals surface area contributed by atoms with Gasteiger partial charge in [-0.05, 0) is 6.92 Å². The first-order chi connectivity index (χ1) is 8.78. The normalized spacial score (nSPS) is 10.1. The molecule has 0 bridgehead atoms. The maximum absolute atomic E-state index is 5.80. The van der Waals surface area contributed by atoms with Crippen molar-refractivity contribution >= 4 is 17.4 Å². The number of nitrogens with zero attached hydrogens (tertiary/aromatic N) is 3. The summed E-state index contributed by atoms with van der Waals surface area (Å²) in [5.74, 6) is 1.37. The lowest BCUT2D eigenvalue weighted by Crippen LogP contribution is -2.03. The zero-order chi connectivity index (χ0) is 12.8. The highest BCUT2D eigenvalue weighted by molar-refractivity contribution is 6.30. The average Bonchev–Trinajstić information content (AvgIpc) is 2.38. The van der Waals surface area contributed by atoms with Gasteiger partial charge in [0, 0.05) is 18.8 Å². The largest absolute Gasteiger partial charge is 0.486 e. The van der Waals surface area contributed by atoms with E-state index in [1.54, 1.807) is 30.9 Å². The molecule has 0 radical (unpaired) electrons. The van der Waals surface area contributed by atoms with Gasteiger partial charge in [0.05, 0.1) is 29.3 Å². The number of nitrogens with one attached hydrogen (secondary N) is 1. The first-order valence-electron chi connectivity index (χ1n) is 5.56. The number of hydrogen-bond donors (Lipinski definition) is 1. The molecule has 0 spiro atoms. The topological polar surface area (TPSA) is 59.9 Å². The van der Waals surface area contributed by atoms with Crippen LogP contribution in [0.5, 0.6) is 5.75 Å². The molecule has 0 aliphatic rings. The van der Waals surface area contributed by atoms with Crippen LogP contribution in [0.3, 0.4) is 0 Å². The van der Waals surface area contributed by atoms with Crippen LogP contribution in [0.25, 0.3) is 0 Å². The van der Waals surface area contributed by atoms with Crippen LogP contribution in [0, 0.1) is 0 Å². The van der Waals surface area contributed by atoms with E-state index in [1.165, 1.54) is 0 Å². The van der Waals surface area contributed by atoms with Crippen LogP contribution < -0.4 is 10.1 Å². The van der Waals surface area contributed by atoms with E-state index in [4.69, 9.17) is 16.3 Å². The van der Waals surface area contributed by atoms with Gasteiger partial charge in [-0.2, -0.15) is 0 Å². The molecule has 0 aliphatic carbocycles. The Bertz CT molecular complexity index is 504. The van der Waals surface area contributed by atoms with E-state index >= 15 is 0 Å². The molecule has 6 heteroatoms. The van der Waals surface area contributed by atoms with Crippen molar-refractivity contribution in [2.24, 2.45) is 0 Å². The summed E-state index contributed by atoms with van der Waals surface area (Å²) in [6, 6.07) is 1.70. The van der Waals surface area contributed by atoms with Crippen molar-refractivity contribution in [2.75, 3.05) is 11.9 Å². The molecular formula is C12H13ClN4O. The second kappa shape index (κ2) is 6.16. The third kappa shape index (κ3) is 3.56. The van der Waals surface area contributed by atoms with Crippen molar-refractivity contribution in [1.82, 2.24) is 15.0 Å². The van der Waals surface area contributed by atoms with Gasteiger partial charge in [0.25, 0.3) is 0 Å². The minimum Gasteiger partial charge on any atom is -0.486 e. The summed E-state index contributed by atoms with van der Waals surface area (Å²) in [6.45, 7) is 3.16. The quantitative estimate of drug-likeness (QED) is 0.899. The predicted octanol–water partition coefficient (Wildman–Crippen LogP) is 2.54. The smallest absolute Gasteiger partial charge is 0.144 e. The van der Waals surface area contributed by atoms with Crippen LogP contribution in [0.4, 0.5) is 5.82 Å². The summed E-state index contributed by atoms with van der Waals surface area (Å²) in [4.78, 5) is 12.4. The molecule has 2 aromatic heterocycles. The van der Waals surface area contributed by atoms with Crippen LogP contribution in [0.2, 0.25) is 5.02 Å². The Kier molecular flexibility index (Phi) is 4.30. The predicted molar refractivity (Wildman–Crippen MR) is 69.8 cm³/mol. The number of aromatic nitrogens is 3. The highest BCUT2D eigenvalue weighted by Crippen LogP contribution is 2.16. The summed E-state index contributed by atoms with van der Waals surface area (Å²) in [5.41, 5.74) is 0.747. The van der Waals surface area contributed by atoms with E-state index in [-0.39, 0.29) is 0 Å². The fraction of sp³-hybridized carbons (Fsp3) is 0.250. The number of ether oxygens (including phenoxy) is 1. The molecule has 0 unspecified atom stereocenters.